The molecule has 15 heteroatoms. The van der Waals surface area contributed by atoms with Crippen molar-refractivity contribution in [3.63, 3.8) is 0 Å². The number of amides is 5. The van der Waals surface area contributed by atoms with Crippen LogP contribution >= 0.6 is 0 Å². The third-order valence-electron chi connectivity index (χ3n) is 16.5. The van der Waals surface area contributed by atoms with Crippen LogP contribution < -0.4 is 42.0 Å². The molecule has 2 fully saturated rings. The molecule has 1 unspecified atom stereocenters. The second-order valence-electron chi connectivity index (χ2n) is 23.0. The molecular weight excluding hydrogens is 969 g/mol. The predicted molar refractivity (Wildman–Crippen MR) is 299 cm³/mol. The van der Waals surface area contributed by atoms with Gasteiger partial charge in [-0.15, -0.1) is 0 Å². The van der Waals surface area contributed by atoms with E-state index in [9.17, 15) is 28.8 Å². The van der Waals surface area contributed by atoms with Crippen molar-refractivity contribution in [2.24, 2.45) is 17.3 Å². The minimum absolute atomic E-state index is 0.0383. The first-order chi connectivity index (χ1) is 37.0. The van der Waals surface area contributed by atoms with Crippen LogP contribution in [0.5, 0.6) is 5.75 Å². The number of likely N-dealkylation sites (tertiary alicyclic amines) is 1. The van der Waals surface area contributed by atoms with Crippen molar-refractivity contribution in [2.45, 2.75) is 167 Å². The van der Waals surface area contributed by atoms with Crippen LogP contribution in [-0.2, 0) is 49.8 Å². The number of rotatable bonds is 20. The van der Waals surface area contributed by atoms with Gasteiger partial charge in [0.05, 0.1) is 36.4 Å². The lowest BCUT2D eigenvalue weighted by molar-refractivity contribution is -0.141. The van der Waals surface area contributed by atoms with E-state index in [4.69, 9.17) is 4.74 Å². The summed E-state index contributed by atoms with van der Waals surface area (Å²) in [5.41, 5.74) is 6.54. The molecule has 1 saturated carbocycles. The highest BCUT2D eigenvalue weighted by Gasteiger charge is 2.45. The van der Waals surface area contributed by atoms with E-state index in [-0.39, 0.29) is 79.2 Å². The lowest BCUT2D eigenvalue weighted by atomic mass is 9.74. The fourth-order valence-electron chi connectivity index (χ4n) is 11.7. The molecule has 0 spiro atoms. The molecule has 10 atom stereocenters. The Morgan fingerprint density at radius 3 is 1.84 bits per heavy atom. The van der Waals surface area contributed by atoms with Gasteiger partial charge in [0.15, 0.2) is 5.78 Å². The quantitative estimate of drug-likeness (QED) is 0.0487. The monoisotopic (exact) mass is 1050 g/mol. The molecule has 1 saturated heterocycles. The molecule has 4 aromatic rings. The zero-order valence-electron chi connectivity index (χ0n) is 46.2. The number of aryl methyl sites for hydroxylation is 2. The maximum absolute atomic E-state index is 14.6. The van der Waals surface area contributed by atoms with E-state index in [2.05, 4.69) is 73.6 Å². The van der Waals surface area contributed by atoms with Gasteiger partial charge in [-0.1, -0.05) is 106 Å². The van der Waals surface area contributed by atoms with E-state index >= 15 is 0 Å². The summed E-state index contributed by atoms with van der Waals surface area (Å²) in [5.74, 6) is -1.54. The van der Waals surface area contributed by atoms with Crippen LogP contribution in [0.15, 0.2) is 97.1 Å². The first kappa shape index (κ1) is 56.8. The lowest BCUT2D eigenvalue weighted by Gasteiger charge is -2.38. The number of hydrogen-bond donors (Lipinski definition) is 7. The van der Waals surface area contributed by atoms with Crippen LogP contribution in [0.2, 0.25) is 0 Å². The number of nitrogens with one attached hydrogen (secondary N) is 7. The summed E-state index contributed by atoms with van der Waals surface area (Å²) in [6, 6.07) is 28.5. The molecular formula is C62H82N8O7. The summed E-state index contributed by atoms with van der Waals surface area (Å²) in [7, 11) is 3.42. The Morgan fingerprint density at radius 2 is 1.22 bits per heavy atom. The fourth-order valence-corrected chi connectivity index (χ4v) is 11.7. The zero-order chi connectivity index (χ0) is 54.8. The number of carbonyl (C=O) groups excluding carboxylic acids is 6. The van der Waals surface area contributed by atoms with Gasteiger partial charge < -0.3 is 41.5 Å². The number of Topliss-reactive ketones (excluding diaryl/α,β-unsaturated/α-hetero) is 1. The third kappa shape index (κ3) is 14.2. The van der Waals surface area contributed by atoms with E-state index in [1.165, 1.54) is 16.7 Å². The summed E-state index contributed by atoms with van der Waals surface area (Å²) in [5, 5.41) is 22.3. The zero-order valence-corrected chi connectivity index (χ0v) is 46.2. The lowest BCUT2D eigenvalue weighted by Crippen LogP contribution is -2.60. The van der Waals surface area contributed by atoms with Gasteiger partial charge in [-0.05, 0) is 149 Å². The van der Waals surface area contributed by atoms with E-state index < -0.39 is 41.4 Å². The number of likely N-dealkylation sites (N-methyl/N-ethyl adjacent to an activating group) is 2. The largest absolute Gasteiger partial charge is 0.489 e. The molecule has 8 rings (SSSR count). The fraction of sp³-hybridized carbons (Fsp3) is 0.516. The number of ether oxygens (including phenoxy) is 1. The van der Waals surface area contributed by atoms with Crippen molar-refractivity contribution in [1.29, 1.82) is 0 Å². The van der Waals surface area contributed by atoms with Crippen LogP contribution in [0.3, 0.4) is 0 Å². The number of ketones is 1. The molecule has 77 heavy (non-hydrogen) atoms. The molecule has 5 amide bonds. The Labute approximate surface area is 455 Å². The Hall–Kier alpha value is -6.42. The van der Waals surface area contributed by atoms with E-state index in [0.29, 0.717) is 30.6 Å². The number of nitrogens with zero attached hydrogens (tertiary/aromatic N) is 1. The van der Waals surface area contributed by atoms with Crippen molar-refractivity contribution in [1.82, 2.24) is 42.1 Å². The molecule has 412 valence electrons. The van der Waals surface area contributed by atoms with Gasteiger partial charge in [0, 0.05) is 36.4 Å². The van der Waals surface area contributed by atoms with Crippen molar-refractivity contribution in [3.05, 3.63) is 136 Å². The molecule has 7 N–H and O–H groups in total. The van der Waals surface area contributed by atoms with Crippen LogP contribution in [0, 0.1) is 17.3 Å². The van der Waals surface area contributed by atoms with Gasteiger partial charge in [-0.25, -0.2) is 0 Å². The smallest absolute Gasteiger partial charge is 0.251 e. The first-order valence-electron chi connectivity index (χ1n) is 28.1. The third-order valence-corrected chi connectivity index (χ3v) is 16.5. The summed E-state index contributed by atoms with van der Waals surface area (Å²) < 4.78 is 6.19. The van der Waals surface area contributed by atoms with Crippen LogP contribution in [0.1, 0.15) is 148 Å². The summed E-state index contributed by atoms with van der Waals surface area (Å²) in [6.07, 6.45) is 9.14. The predicted octanol–water partition coefficient (Wildman–Crippen LogP) is 6.93. The highest BCUT2D eigenvalue weighted by atomic mass is 16.5. The van der Waals surface area contributed by atoms with Gasteiger partial charge >= 0.3 is 0 Å². The summed E-state index contributed by atoms with van der Waals surface area (Å²) >= 11 is 0. The number of benzene rings is 4. The Kier molecular flexibility index (Phi) is 19.0. The Balaban J connectivity index is 0.888. The molecule has 4 aliphatic rings. The normalized spacial score (nSPS) is 22.7. The average molecular weight is 1050 g/mol. The Bertz CT molecular complexity index is 2710. The van der Waals surface area contributed by atoms with Gasteiger partial charge in [0.2, 0.25) is 23.6 Å². The Morgan fingerprint density at radius 1 is 0.649 bits per heavy atom. The number of carbonyl (C=O) groups is 6. The second kappa shape index (κ2) is 25.8. The number of fused-ring (bicyclic) bond motifs is 2. The highest BCUT2D eigenvalue weighted by molar-refractivity contribution is 5.96. The van der Waals surface area contributed by atoms with Gasteiger partial charge in [-0.2, -0.15) is 0 Å². The first-order valence-corrected chi connectivity index (χ1v) is 28.1. The van der Waals surface area contributed by atoms with Crippen molar-refractivity contribution >= 4 is 35.3 Å². The van der Waals surface area contributed by atoms with E-state index in [1.54, 1.807) is 40.1 Å². The van der Waals surface area contributed by atoms with Gasteiger partial charge in [0.1, 0.15) is 18.4 Å². The van der Waals surface area contributed by atoms with E-state index in [0.717, 1.165) is 68.1 Å². The molecule has 4 aromatic carbocycles. The maximum atomic E-state index is 14.6. The van der Waals surface area contributed by atoms with Crippen molar-refractivity contribution in [3.8, 4) is 5.75 Å². The molecule has 15 nitrogen and oxygen atoms in total. The molecule has 0 radical (unpaired) electrons. The van der Waals surface area contributed by atoms with Gasteiger partial charge in [-0.3, -0.25) is 34.1 Å². The SMILES string of the molecule is CN[C@@H](C)C(=O)N[C@@H](Cc1ccc(OCc2ccc(C(=O)N[C@H]3CC(N[C@@H]4CCCc5ccccc54)N(C(=O)[C@@H](NC(=O)[C@H](C)NC)C(C)(C)C)C3)cc2)cc1)C(=O)[C@@H]1CCCC[C@H]1C(=O)N[C@@H]1CCCc2ccccc21. The second-order valence-corrected chi connectivity index (χ2v) is 23.0. The number of hydrogen-bond acceptors (Lipinski definition) is 10. The van der Waals surface area contributed by atoms with Crippen LogP contribution in [0.25, 0.3) is 0 Å². The van der Waals surface area contributed by atoms with Crippen LogP contribution in [-0.4, -0.2) is 97.2 Å². The molecule has 1 aliphatic heterocycles. The highest BCUT2D eigenvalue weighted by Crippen LogP contribution is 2.36. The van der Waals surface area contributed by atoms with E-state index in [1.807, 2.05) is 74.2 Å². The minimum Gasteiger partial charge on any atom is -0.489 e. The average Bonchev–Trinajstić information content (AvgIpc) is 3.84. The topological polar surface area (TPSA) is 199 Å². The maximum Gasteiger partial charge on any atom is 0.251 e. The summed E-state index contributed by atoms with van der Waals surface area (Å²) in [4.78, 5) is 85.5. The van der Waals surface area contributed by atoms with Crippen molar-refractivity contribution in [2.75, 3.05) is 20.6 Å². The molecule has 1 heterocycles. The van der Waals surface area contributed by atoms with Gasteiger partial charge in [0.25, 0.3) is 5.91 Å². The molecule has 0 bridgehead atoms. The molecule has 0 aromatic heterocycles. The minimum atomic E-state index is -0.824. The van der Waals surface area contributed by atoms with Crippen molar-refractivity contribution < 1.29 is 33.5 Å². The van der Waals surface area contributed by atoms with Crippen LogP contribution in [0.4, 0.5) is 0 Å². The molecule has 3 aliphatic carbocycles. The summed E-state index contributed by atoms with van der Waals surface area (Å²) in [6.45, 7) is 9.89. The standard InChI is InChI=1S/C62H82N8O7/c1-38(63-6)57(72)68-53(55(71)49-22-12-13-23-50(49)60(75)67-52-25-15-19-43-17-9-11-21-48(43)52)34-40-28-32-46(33-29-40)77-37-41-26-30-44(31-27-41)59(74)65-45-35-54(66-51-24-14-18-42-16-8-10-20-47(42)51)70(36-45)61(76)56(62(3,4)5)69-58(73)39(2)64-7/h8-11,16-17,20-21,26-33,38-39,45,49-54,56,63-64,66H,12-15,18-19,22-25,34-37H2,1-7H3,(H,65,74)(H,67,75)(H,68,72)(H,69,73)/t38-,39-,45-,49+,50+,51+,52+,53-,54?,56+/m0/s1.